The van der Waals surface area contributed by atoms with Gasteiger partial charge < -0.3 is 14.2 Å². The summed E-state index contributed by atoms with van der Waals surface area (Å²) in [7, 11) is 3.17. The number of esters is 1. The van der Waals surface area contributed by atoms with Crippen LogP contribution in [0.1, 0.15) is 26.7 Å². The van der Waals surface area contributed by atoms with Crippen molar-refractivity contribution in [1.29, 1.82) is 0 Å². The molecule has 0 aliphatic carbocycles. The lowest BCUT2D eigenvalue weighted by atomic mass is 10.1. The van der Waals surface area contributed by atoms with E-state index in [1.165, 1.54) is 6.92 Å². The van der Waals surface area contributed by atoms with E-state index in [4.69, 9.17) is 14.2 Å². The molecule has 4 nitrogen and oxygen atoms in total. The first kappa shape index (κ1) is 12.4. The molecule has 0 bridgehead atoms. The molecule has 13 heavy (non-hydrogen) atoms. The molecule has 0 aromatic rings. The smallest absolute Gasteiger partial charge is 0.302 e. The Morgan fingerprint density at radius 3 is 2.15 bits per heavy atom. The van der Waals surface area contributed by atoms with Gasteiger partial charge >= 0.3 is 5.97 Å². The average molecular weight is 190 g/mol. The van der Waals surface area contributed by atoms with Gasteiger partial charge in [0.15, 0.2) is 5.79 Å². The number of hydrogen-bond acceptors (Lipinski definition) is 4. The summed E-state index contributed by atoms with van der Waals surface area (Å²) < 4.78 is 15.2. The number of carbonyl (C=O) groups excluding carboxylic acids is 1. The second kappa shape index (κ2) is 5.94. The highest BCUT2D eigenvalue weighted by atomic mass is 16.7. The molecule has 0 N–H and O–H groups in total. The largest absolute Gasteiger partial charge is 0.466 e. The molecule has 0 atom stereocenters. The van der Waals surface area contributed by atoms with Crippen molar-refractivity contribution in [3.63, 3.8) is 0 Å². The monoisotopic (exact) mass is 190 g/mol. The molecule has 78 valence electrons. The van der Waals surface area contributed by atoms with E-state index < -0.39 is 5.79 Å². The van der Waals surface area contributed by atoms with Crippen molar-refractivity contribution in [3.8, 4) is 0 Å². The Balaban J connectivity index is 3.88. The third kappa shape index (κ3) is 4.24. The Hall–Kier alpha value is -0.610. The molecule has 0 fully saturated rings. The molecule has 0 saturated heterocycles. The van der Waals surface area contributed by atoms with Gasteiger partial charge in [-0.2, -0.15) is 0 Å². The van der Waals surface area contributed by atoms with E-state index in [1.807, 2.05) is 6.92 Å². The minimum absolute atomic E-state index is 0.280. The van der Waals surface area contributed by atoms with Crippen LogP contribution in [0.3, 0.4) is 0 Å². The zero-order valence-corrected chi connectivity index (χ0v) is 8.75. The summed E-state index contributed by atoms with van der Waals surface area (Å²) in [6, 6.07) is 0. The molecule has 0 spiro atoms. The molecule has 0 aliphatic heterocycles. The lowest BCUT2D eigenvalue weighted by Crippen LogP contribution is -2.34. The molecule has 0 aliphatic rings. The fourth-order valence-corrected chi connectivity index (χ4v) is 1.10. The SMILES string of the molecule is CCC(CCOC(C)=O)(OC)OC. The van der Waals surface area contributed by atoms with Gasteiger partial charge in [-0.1, -0.05) is 6.92 Å². The van der Waals surface area contributed by atoms with Crippen molar-refractivity contribution < 1.29 is 19.0 Å². The Kier molecular flexibility index (Phi) is 5.66. The third-order valence-corrected chi connectivity index (χ3v) is 2.07. The Labute approximate surface area is 79.2 Å². The van der Waals surface area contributed by atoms with E-state index in [9.17, 15) is 4.79 Å². The van der Waals surface area contributed by atoms with Crippen molar-refractivity contribution in [1.82, 2.24) is 0 Å². The number of methoxy groups -OCH3 is 2. The summed E-state index contributed by atoms with van der Waals surface area (Å²) in [5.74, 6) is -0.896. The maximum atomic E-state index is 10.5. The highest BCUT2D eigenvalue weighted by molar-refractivity contribution is 5.65. The normalized spacial score (nSPS) is 11.4. The highest BCUT2D eigenvalue weighted by Gasteiger charge is 2.26. The molecular weight excluding hydrogens is 172 g/mol. The van der Waals surface area contributed by atoms with Crippen LogP contribution in [0.15, 0.2) is 0 Å². The summed E-state index contributed by atoms with van der Waals surface area (Å²) in [4.78, 5) is 10.5. The lowest BCUT2D eigenvalue weighted by Gasteiger charge is -2.29. The first-order chi connectivity index (χ1) is 6.10. The van der Waals surface area contributed by atoms with E-state index in [-0.39, 0.29) is 5.97 Å². The van der Waals surface area contributed by atoms with E-state index in [0.29, 0.717) is 13.0 Å². The second-order valence-electron chi connectivity index (χ2n) is 2.76. The lowest BCUT2D eigenvalue weighted by molar-refractivity contribution is -0.217. The number of hydrogen-bond donors (Lipinski definition) is 0. The van der Waals surface area contributed by atoms with E-state index in [1.54, 1.807) is 14.2 Å². The van der Waals surface area contributed by atoms with Crippen molar-refractivity contribution >= 4 is 5.97 Å². The van der Waals surface area contributed by atoms with Crippen molar-refractivity contribution in [2.24, 2.45) is 0 Å². The van der Waals surface area contributed by atoms with Crippen LogP contribution in [0.2, 0.25) is 0 Å². The van der Waals surface area contributed by atoms with Gasteiger partial charge in [0.1, 0.15) is 0 Å². The van der Waals surface area contributed by atoms with Gasteiger partial charge in [-0.25, -0.2) is 0 Å². The highest BCUT2D eigenvalue weighted by Crippen LogP contribution is 2.20. The predicted octanol–water partition coefficient (Wildman–Crippen LogP) is 1.34. The topological polar surface area (TPSA) is 44.8 Å². The van der Waals surface area contributed by atoms with Crippen LogP contribution in [0, 0.1) is 0 Å². The average Bonchev–Trinajstić information content (AvgIpc) is 2.13. The molecule has 0 saturated carbocycles. The first-order valence-electron chi connectivity index (χ1n) is 4.34. The molecule has 0 radical (unpaired) electrons. The van der Waals surface area contributed by atoms with Crippen molar-refractivity contribution in [2.45, 2.75) is 32.5 Å². The molecule has 0 heterocycles. The fraction of sp³-hybridized carbons (Fsp3) is 0.889. The van der Waals surface area contributed by atoms with Gasteiger partial charge in [-0.3, -0.25) is 4.79 Å². The Morgan fingerprint density at radius 2 is 1.85 bits per heavy atom. The maximum absolute atomic E-state index is 10.5. The minimum atomic E-state index is -0.616. The van der Waals surface area contributed by atoms with E-state index in [0.717, 1.165) is 6.42 Å². The van der Waals surface area contributed by atoms with E-state index in [2.05, 4.69) is 0 Å². The van der Waals surface area contributed by atoms with Crippen molar-refractivity contribution in [2.75, 3.05) is 20.8 Å². The molecule has 0 aromatic heterocycles. The first-order valence-corrected chi connectivity index (χ1v) is 4.34. The Bertz CT molecular complexity index is 143. The van der Waals surface area contributed by atoms with Gasteiger partial charge in [0, 0.05) is 27.6 Å². The Morgan fingerprint density at radius 1 is 1.31 bits per heavy atom. The minimum Gasteiger partial charge on any atom is -0.466 e. The molecular formula is C9H18O4. The zero-order valence-electron chi connectivity index (χ0n) is 8.75. The zero-order chi connectivity index (χ0) is 10.3. The van der Waals surface area contributed by atoms with Gasteiger partial charge in [-0.05, 0) is 6.42 Å². The number of rotatable bonds is 6. The predicted molar refractivity (Wildman–Crippen MR) is 48.3 cm³/mol. The standard InChI is InChI=1S/C9H18O4/c1-5-9(11-3,12-4)6-7-13-8(2)10/h5-7H2,1-4H3. The molecule has 0 rings (SSSR count). The van der Waals surface area contributed by atoms with E-state index >= 15 is 0 Å². The summed E-state index contributed by atoms with van der Waals surface area (Å²) >= 11 is 0. The second-order valence-corrected chi connectivity index (χ2v) is 2.76. The van der Waals surface area contributed by atoms with Crippen LogP contribution < -0.4 is 0 Å². The van der Waals surface area contributed by atoms with Gasteiger partial charge in [0.05, 0.1) is 6.61 Å². The van der Waals surface area contributed by atoms with Crippen molar-refractivity contribution in [3.05, 3.63) is 0 Å². The number of carbonyl (C=O) groups is 1. The van der Waals surface area contributed by atoms with Crippen LogP contribution in [-0.4, -0.2) is 32.6 Å². The van der Waals surface area contributed by atoms with Gasteiger partial charge in [0.2, 0.25) is 0 Å². The fourth-order valence-electron chi connectivity index (χ4n) is 1.10. The number of ether oxygens (including phenoxy) is 3. The molecule has 0 amide bonds. The van der Waals surface area contributed by atoms with Crippen LogP contribution in [0.5, 0.6) is 0 Å². The van der Waals surface area contributed by atoms with Crippen LogP contribution >= 0.6 is 0 Å². The molecule has 0 unspecified atom stereocenters. The maximum Gasteiger partial charge on any atom is 0.302 e. The third-order valence-electron chi connectivity index (χ3n) is 2.07. The molecule has 0 aromatic carbocycles. The summed E-state index contributed by atoms with van der Waals surface area (Å²) in [6.07, 6.45) is 1.28. The van der Waals surface area contributed by atoms with Crippen LogP contribution in [0.4, 0.5) is 0 Å². The van der Waals surface area contributed by atoms with Crippen LogP contribution in [-0.2, 0) is 19.0 Å². The van der Waals surface area contributed by atoms with Gasteiger partial charge in [-0.15, -0.1) is 0 Å². The molecule has 4 heteroatoms. The summed E-state index contributed by atoms with van der Waals surface area (Å²) in [5, 5.41) is 0. The quantitative estimate of drug-likeness (QED) is 0.468. The van der Waals surface area contributed by atoms with Crippen LogP contribution in [0.25, 0.3) is 0 Å². The van der Waals surface area contributed by atoms with Gasteiger partial charge in [0.25, 0.3) is 0 Å². The summed E-state index contributed by atoms with van der Waals surface area (Å²) in [5.41, 5.74) is 0. The summed E-state index contributed by atoms with van der Waals surface area (Å²) in [6.45, 7) is 3.67.